The van der Waals surface area contributed by atoms with Gasteiger partial charge in [0.1, 0.15) is 5.75 Å². The molecule has 23 heavy (non-hydrogen) atoms. The molecule has 2 aromatic carbocycles. The lowest BCUT2D eigenvalue weighted by Gasteiger charge is -2.24. The molecule has 0 spiro atoms. The molecule has 0 fully saturated rings. The van der Waals surface area contributed by atoms with E-state index in [2.05, 4.69) is 41.8 Å². The van der Waals surface area contributed by atoms with E-state index in [4.69, 9.17) is 17.0 Å². The molecular formula is C18H23N3OS. The average molecular weight is 329 g/mol. The number of nitrogens with one attached hydrogen (secondary N) is 2. The van der Waals surface area contributed by atoms with Crippen LogP contribution in [0.5, 0.6) is 5.75 Å². The molecule has 122 valence electrons. The quantitative estimate of drug-likeness (QED) is 0.796. The minimum absolute atomic E-state index is 0.122. The van der Waals surface area contributed by atoms with Crippen LogP contribution in [0.25, 0.3) is 0 Å². The van der Waals surface area contributed by atoms with E-state index in [1.165, 1.54) is 5.56 Å². The van der Waals surface area contributed by atoms with Crippen molar-refractivity contribution in [2.45, 2.75) is 6.04 Å². The summed E-state index contributed by atoms with van der Waals surface area (Å²) in [7, 11) is 5.75. The summed E-state index contributed by atoms with van der Waals surface area (Å²) in [6.07, 6.45) is 0. The molecule has 0 heterocycles. The fourth-order valence-electron chi connectivity index (χ4n) is 2.31. The van der Waals surface area contributed by atoms with E-state index >= 15 is 0 Å². The van der Waals surface area contributed by atoms with Gasteiger partial charge in [0.15, 0.2) is 5.11 Å². The molecule has 0 aliphatic carbocycles. The highest BCUT2D eigenvalue weighted by Gasteiger charge is 2.13. The maximum Gasteiger partial charge on any atom is 0.171 e. The van der Waals surface area contributed by atoms with Crippen LogP contribution in [-0.2, 0) is 0 Å². The summed E-state index contributed by atoms with van der Waals surface area (Å²) < 4.78 is 5.23. The maximum absolute atomic E-state index is 5.46. The van der Waals surface area contributed by atoms with E-state index in [1.54, 1.807) is 7.11 Å². The van der Waals surface area contributed by atoms with E-state index in [1.807, 2.05) is 42.5 Å². The van der Waals surface area contributed by atoms with Crippen molar-refractivity contribution in [3.05, 3.63) is 60.2 Å². The topological polar surface area (TPSA) is 36.5 Å². The number of rotatable bonds is 6. The molecule has 2 aromatic rings. The Kier molecular flexibility index (Phi) is 6.38. The van der Waals surface area contributed by atoms with Crippen molar-refractivity contribution in [3.63, 3.8) is 0 Å². The molecule has 0 amide bonds. The Morgan fingerprint density at radius 2 is 1.87 bits per heavy atom. The molecule has 2 rings (SSSR count). The molecule has 0 aromatic heterocycles. The Labute approximate surface area is 143 Å². The van der Waals surface area contributed by atoms with Gasteiger partial charge >= 0.3 is 0 Å². The molecule has 4 nitrogen and oxygen atoms in total. The standard InChI is InChI=1S/C18H23N3OS/c1-21(2)13-17(14-8-5-4-6-9-14)20-18(23)19-15-10-7-11-16(12-15)22-3/h4-12,17H,13H2,1-3H3,(H2,19,20,23)/t17-/m0/s1. The van der Waals surface area contributed by atoms with Gasteiger partial charge in [-0.25, -0.2) is 0 Å². The van der Waals surface area contributed by atoms with Gasteiger partial charge in [-0.3, -0.25) is 0 Å². The first kappa shape index (κ1) is 17.2. The average Bonchev–Trinajstić information content (AvgIpc) is 2.54. The van der Waals surface area contributed by atoms with Crippen LogP contribution >= 0.6 is 12.2 Å². The molecule has 0 aliphatic rings. The Morgan fingerprint density at radius 3 is 2.52 bits per heavy atom. The predicted molar refractivity (Wildman–Crippen MR) is 100 cm³/mol. The highest BCUT2D eigenvalue weighted by Crippen LogP contribution is 2.18. The number of hydrogen-bond acceptors (Lipinski definition) is 3. The van der Waals surface area contributed by atoms with Crippen LogP contribution in [0.15, 0.2) is 54.6 Å². The number of benzene rings is 2. The molecule has 0 saturated heterocycles. The van der Waals surface area contributed by atoms with Crippen LogP contribution in [0.2, 0.25) is 0 Å². The van der Waals surface area contributed by atoms with Gasteiger partial charge in [0.2, 0.25) is 0 Å². The van der Waals surface area contributed by atoms with Gasteiger partial charge in [-0.2, -0.15) is 0 Å². The van der Waals surface area contributed by atoms with E-state index < -0.39 is 0 Å². The van der Waals surface area contributed by atoms with Crippen LogP contribution in [-0.4, -0.2) is 37.8 Å². The van der Waals surface area contributed by atoms with Crippen molar-refractivity contribution in [2.75, 3.05) is 33.1 Å². The van der Waals surface area contributed by atoms with Crippen molar-refractivity contribution in [1.82, 2.24) is 10.2 Å². The van der Waals surface area contributed by atoms with E-state index in [0.717, 1.165) is 18.0 Å². The molecular weight excluding hydrogens is 306 g/mol. The number of methoxy groups -OCH3 is 1. The van der Waals surface area contributed by atoms with Crippen LogP contribution in [0.4, 0.5) is 5.69 Å². The Bertz CT molecular complexity index is 631. The smallest absolute Gasteiger partial charge is 0.171 e. The number of hydrogen-bond donors (Lipinski definition) is 2. The molecule has 0 saturated carbocycles. The lowest BCUT2D eigenvalue weighted by Crippen LogP contribution is -2.37. The second-order valence-corrected chi connectivity index (χ2v) is 5.96. The third-order valence-corrected chi connectivity index (χ3v) is 3.60. The van der Waals surface area contributed by atoms with Gasteiger partial charge in [0, 0.05) is 18.3 Å². The normalized spacial score (nSPS) is 11.8. The molecule has 0 radical (unpaired) electrons. The largest absolute Gasteiger partial charge is 0.497 e. The fourth-order valence-corrected chi connectivity index (χ4v) is 2.57. The molecule has 5 heteroatoms. The monoisotopic (exact) mass is 329 g/mol. The Hall–Kier alpha value is -2.11. The van der Waals surface area contributed by atoms with Crippen molar-refractivity contribution in [3.8, 4) is 5.75 Å². The number of likely N-dealkylation sites (N-methyl/N-ethyl adjacent to an activating group) is 1. The Balaban J connectivity index is 2.05. The summed E-state index contributed by atoms with van der Waals surface area (Å²) in [5.74, 6) is 0.797. The van der Waals surface area contributed by atoms with Crippen LogP contribution in [0.1, 0.15) is 11.6 Å². The van der Waals surface area contributed by atoms with E-state index in [0.29, 0.717) is 5.11 Å². The Morgan fingerprint density at radius 1 is 1.13 bits per heavy atom. The summed E-state index contributed by atoms with van der Waals surface area (Å²) in [6, 6.07) is 18.1. The van der Waals surface area contributed by atoms with Crippen molar-refractivity contribution in [2.24, 2.45) is 0 Å². The lowest BCUT2D eigenvalue weighted by molar-refractivity contribution is 0.363. The van der Waals surface area contributed by atoms with Crippen molar-refractivity contribution < 1.29 is 4.74 Å². The van der Waals surface area contributed by atoms with Crippen LogP contribution in [0.3, 0.4) is 0 Å². The third-order valence-electron chi connectivity index (χ3n) is 3.38. The first-order valence-corrected chi connectivity index (χ1v) is 7.90. The molecule has 0 bridgehead atoms. The SMILES string of the molecule is COc1cccc(NC(=S)N[C@@H](CN(C)C)c2ccccc2)c1. The zero-order valence-electron chi connectivity index (χ0n) is 13.7. The number of nitrogens with zero attached hydrogens (tertiary/aromatic N) is 1. The number of thiocarbonyl (C=S) groups is 1. The van der Waals surface area contributed by atoms with Gasteiger partial charge in [0.25, 0.3) is 0 Å². The van der Waals surface area contributed by atoms with Crippen molar-refractivity contribution >= 4 is 23.0 Å². The number of anilines is 1. The zero-order valence-corrected chi connectivity index (χ0v) is 14.6. The first-order chi connectivity index (χ1) is 11.1. The molecule has 0 aliphatic heterocycles. The predicted octanol–water partition coefficient (Wildman–Crippen LogP) is 3.28. The minimum atomic E-state index is 0.122. The second kappa shape index (κ2) is 8.50. The number of ether oxygens (including phenoxy) is 1. The van der Waals surface area contributed by atoms with Gasteiger partial charge in [-0.05, 0) is 44.0 Å². The highest BCUT2D eigenvalue weighted by molar-refractivity contribution is 7.80. The minimum Gasteiger partial charge on any atom is -0.497 e. The zero-order chi connectivity index (χ0) is 16.7. The fraction of sp³-hybridized carbons (Fsp3) is 0.278. The lowest BCUT2D eigenvalue weighted by atomic mass is 10.1. The summed E-state index contributed by atoms with van der Waals surface area (Å²) in [4.78, 5) is 2.14. The van der Waals surface area contributed by atoms with Crippen molar-refractivity contribution in [1.29, 1.82) is 0 Å². The summed E-state index contributed by atoms with van der Waals surface area (Å²) in [5.41, 5.74) is 2.11. The van der Waals surface area contributed by atoms with Gasteiger partial charge < -0.3 is 20.3 Å². The molecule has 2 N–H and O–H groups in total. The van der Waals surface area contributed by atoms with E-state index in [-0.39, 0.29) is 6.04 Å². The summed E-state index contributed by atoms with van der Waals surface area (Å²) in [6.45, 7) is 0.851. The second-order valence-electron chi connectivity index (χ2n) is 5.56. The maximum atomic E-state index is 5.46. The summed E-state index contributed by atoms with van der Waals surface area (Å²) >= 11 is 5.46. The third kappa shape index (κ3) is 5.54. The van der Waals surface area contributed by atoms with Gasteiger partial charge in [-0.15, -0.1) is 0 Å². The molecule has 0 unspecified atom stereocenters. The molecule has 1 atom stereocenters. The summed E-state index contributed by atoms with van der Waals surface area (Å²) in [5, 5.41) is 7.19. The van der Waals surface area contributed by atoms with E-state index in [9.17, 15) is 0 Å². The van der Waals surface area contributed by atoms with Gasteiger partial charge in [0.05, 0.1) is 13.2 Å². The van der Waals surface area contributed by atoms with Gasteiger partial charge in [-0.1, -0.05) is 36.4 Å². The highest BCUT2D eigenvalue weighted by atomic mass is 32.1. The first-order valence-electron chi connectivity index (χ1n) is 7.49. The van der Waals surface area contributed by atoms with Crippen LogP contribution < -0.4 is 15.4 Å². The van der Waals surface area contributed by atoms with Crippen LogP contribution in [0, 0.1) is 0 Å².